The van der Waals surface area contributed by atoms with Gasteiger partial charge in [-0.25, -0.2) is 0 Å². The number of phenols is 1. The number of para-hydroxylation sites is 1. The van der Waals surface area contributed by atoms with E-state index in [2.05, 4.69) is 11.2 Å². The van der Waals surface area contributed by atoms with Crippen molar-refractivity contribution < 1.29 is 27.8 Å². The number of benzene rings is 4. The number of phenolic OH excluding ortho intramolecular Hbond substituents is 1. The van der Waals surface area contributed by atoms with Crippen molar-refractivity contribution in [3.05, 3.63) is 112 Å². The van der Waals surface area contributed by atoms with Gasteiger partial charge in [-0.2, -0.15) is 0 Å². The van der Waals surface area contributed by atoms with Crippen molar-refractivity contribution >= 4 is 41.5 Å². The van der Waals surface area contributed by atoms with Crippen molar-refractivity contribution in [3.8, 4) is 11.5 Å². The summed E-state index contributed by atoms with van der Waals surface area (Å²) in [5.41, 5.74) is 2.74. The van der Waals surface area contributed by atoms with Crippen LogP contribution < -0.4 is 14.9 Å². The first-order chi connectivity index (χ1) is 21.0. The van der Waals surface area contributed by atoms with E-state index in [0.29, 0.717) is 26.3 Å². The molecule has 0 bridgehead atoms. The third-order valence-electron chi connectivity index (χ3n) is 6.88. The molecule has 2 heterocycles. The van der Waals surface area contributed by atoms with E-state index < -0.39 is 7.57 Å². The van der Waals surface area contributed by atoms with Gasteiger partial charge in [0.15, 0.2) is 11.3 Å². The zero-order valence-electron chi connectivity index (χ0n) is 24.4. The summed E-state index contributed by atoms with van der Waals surface area (Å²) < 4.78 is 30.5. The summed E-state index contributed by atoms with van der Waals surface area (Å²) in [5.74, 6) is 0.129. The summed E-state index contributed by atoms with van der Waals surface area (Å²) in [7, 11) is -3.23. The summed E-state index contributed by atoms with van der Waals surface area (Å²) in [5, 5.41) is 11.2. The molecule has 0 spiro atoms. The highest BCUT2D eigenvalue weighted by molar-refractivity contribution is 7.60. The van der Waals surface area contributed by atoms with Crippen LogP contribution in [0.2, 0.25) is 0 Å². The molecule has 8 nitrogen and oxygen atoms in total. The van der Waals surface area contributed by atoms with Crippen LogP contribution in [-0.4, -0.2) is 37.7 Å². The van der Waals surface area contributed by atoms with Gasteiger partial charge in [0.05, 0.1) is 31.8 Å². The van der Waals surface area contributed by atoms with Crippen molar-refractivity contribution in [1.82, 2.24) is 0 Å². The summed E-state index contributed by atoms with van der Waals surface area (Å²) in [6.07, 6.45) is 4.24. The van der Waals surface area contributed by atoms with E-state index in [0.717, 1.165) is 16.8 Å². The molecule has 6 rings (SSSR count). The lowest BCUT2D eigenvalue weighted by Crippen LogP contribution is -2.36. The van der Waals surface area contributed by atoms with E-state index >= 15 is 0 Å². The van der Waals surface area contributed by atoms with Crippen LogP contribution in [0.3, 0.4) is 0 Å². The molecule has 4 aromatic carbocycles. The van der Waals surface area contributed by atoms with E-state index in [4.69, 9.17) is 22.7 Å². The van der Waals surface area contributed by atoms with Gasteiger partial charge in [-0.1, -0.05) is 80.6 Å². The van der Waals surface area contributed by atoms with Gasteiger partial charge in [0.2, 0.25) is 5.43 Å². The minimum atomic E-state index is -3.23. The maximum atomic E-state index is 13.6. The van der Waals surface area contributed by atoms with Gasteiger partial charge in [-0.15, -0.1) is 0 Å². The molecule has 1 N–H and O–H groups in total. The van der Waals surface area contributed by atoms with Crippen molar-refractivity contribution in [3.63, 3.8) is 0 Å². The first-order valence-corrected chi connectivity index (χ1v) is 16.1. The number of rotatable bonds is 9. The van der Waals surface area contributed by atoms with Crippen molar-refractivity contribution in [2.45, 2.75) is 27.1 Å². The molecule has 9 heteroatoms. The molecule has 0 atom stereocenters. The minimum absolute atomic E-state index is 0.114. The SMILES string of the molecule is C=P(OCc1ccccc1)(OCc1ccccc1)Oc1cccc2c(=O)c3c(O)cc(N4CCOCC4)cc3oc12.CC. The number of ether oxygens (including phenoxy) is 1. The minimum Gasteiger partial charge on any atom is -0.507 e. The Balaban J connectivity index is 0.00000180. The quantitative estimate of drug-likeness (QED) is 0.137. The van der Waals surface area contributed by atoms with Crippen LogP contribution in [0.4, 0.5) is 5.69 Å². The van der Waals surface area contributed by atoms with E-state index in [1.807, 2.05) is 74.5 Å². The van der Waals surface area contributed by atoms with E-state index in [-0.39, 0.29) is 52.1 Å². The monoisotopic (exact) mass is 601 g/mol. The summed E-state index contributed by atoms with van der Waals surface area (Å²) >= 11 is 0. The normalized spacial score (nSPS) is 13.5. The maximum Gasteiger partial charge on any atom is 0.303 e. The molecule has 1 aliphatic rings. The second kappa shape index (κ2) is 13.9. The summed E-state index contributed by atoms with van der Waals surface area (Å²) in [4.78, 5) is 15.6. The van der Waals surface area contributed by atoms with Crippen LogP contribution in [0.5, 0.6) is 11.5 Å². The van der Waals surface area contributed by atoms with Gasteiger partial charge in [0.25, 0.3) is 0 Å². The van der Waals surface area contributed by atoms with E-state index in [1.165, 1.54) is 0 Å². The topological polar surface area (TPSA) is 90.6 Å². The molecule has 1 aromatic heterocycles. The Hall–Kier alpha value is -4.07. The third-order valence-corrected chi connectivity index (χ3v) is 8.40. The summed E-state index contributed by atoms with van der Waals surface area (Å²) in [6, 6.07) is 27.8. The highest BCUT2D eigenvalue weighted by Crippen LogP contribution is 2.51. The molecule has 43 heavy (non-hydrogen) atoms. The Morgan fingerprint density at radius 2 is 1.47 bits per heavy atom. The zero-order chi connectivity index (χ0) is 30.2. The first-order valence-electron chi connectivity index (χ1n) is 14.3. The molecule has 0 amide bonds. The average molecular weight is 602 g/mol. The molecule has 1 aliphatic heterocycles. The van der Waals surface area contributed by atoms with Crippen LogP contribution >= 0.6 is 7.57 Å². The van der Waals surface area contributed by atoms with Gasteiger partial charge in [-0.05, 0) is 29.6 Å². The lowest BCUT2D eigenvalue weighted by Gasteiger charge is -2.29. The average Bonchev–Trinajstić information content (AvgIpc) is 3.05. The Bertz CT molecular complexity index is 1720. The molecular weight excluding hydrogens is 565 g/mol. The summed E-state index contributed by atoms with van der Waals surface area (Å²) in [6.45, 7) is 6.95. The predicted octanol–water partition coefficient (Wildman–Crippen LogP) is 7.52. The third kappa shape index (κ3) is 7.12. The molecule has 0 radical (unpaired) electrons. The Labute approximate surface area is 251 Å². The van der Waals surface area contributed by atoms with Crippen LogP contribution in [0, 0.1) is 0 Å². The van der Waals surface area contributed by atoms with Crippen LogP contribution in [0.15, 0.2) is 100 Å². The number of hydrogen-bond acceptors (Lipinski definition) is 8. The fourth-order valence-corrected chi connectivity index (χ4v) is 6.06. The van der Waals surface area contributed by atoms with Gasteiger partial charge in [0.1, 0.15) is 16.7 Å². The number of hydrogen-bond donors (Lipinski definition) is 1. The van der Waals surface area contributed by atoms with Crippen LogP contribution in [-0.2, 0) is 27.0 Å². The van der Waals surface area contributed by atoms with Crippen LogP contribution in [0.1, 0.15) is 25.0 Å². The predicted molar refractivity (Wildman–Crippen MR) is 173 cm³/mol. The number of aromatic hydroxyl groups is 1. The Morgan fingerprint density at radius 3 is 2.07 bits per heavy atom. The maximum absolute atomic E-state index is 13.6. The van der Waals surface area contributed by atoms with Gasteiger partial charge >= 0.3 is 7.57 Å². The lowest BCUT2D eigenvalue weighted by atomic mass is 10.1. The number of nitrogens with zero attached hydrogens (tertiary/aromatic N) is 1. The fourth-order valence-electron chi connectivity index (χ4n) is 4.75. The van der Waals surface area contributed by atoms with Gasteiger partial charge < -0.3 is 32.7 Å². The highest BCUT2D eigenvalue weighted by Gasteiger charge is 2.24. The van der Waals surface area contributed by atoms with Gasteiger partial charge in [0, 0.05) is 30.9 Å². The second-order valence-electron chi connectivity index (χ2n) is 9.72. The molecule has 224 valence electrons. The molecule has 5 aromatic rings. The van der Waals surface area contributed by atoms with Crippen molar-refractivity contribution in [2.75, 3.05) is 31.2 Å². The first kappa shape index (κ1) is 30.4. The molecular formula is C34H36NO7P. The fraction of sp³-hybridized carbons (Fsp3) is 0.235. The number of morpholine rings is 1. The second-order valence-corrected chi connectivity index (χ2v) is 11.6. The molecule has 0 saturated carbocycles. The lowest BCUT2D eigenvalue weighted by molar-refractivity contribution is 0.122. The molecule has 0 unspecified atom stereocenters. The zero-order valence-corrected chi connectivity index (χ0v) is 25.3. The van der Waals surface area contributed by atoms with E-state index in [9.17, 15) is 9.90 Å². The standard InChI is InChI=1S/C32H30NO7P.C2H6/c1-41(37-21-23-9-4-2-5-10-23,38-22-24-11-6-3-7-12-24)40-28-14-8-13-26-31(35)30-27(34)19-25(20-29(30)39-32(26)28)33-15-17-36-18-16-33;1-2/h2-14,19-20,34H,1,15-18,21-22H2;1-2H3. The molecule has 1 fully saturated rings. The van der Waals surface area contributed by atoms with Crippen molar-refractivity contribution in [1.29, 1.82) is 0 Å². The number of anilines is 1. The Kier molecular flexibility index (Phi) is 9.85. The van der Waals surface area contributed by atoms with E-state index in [1.54, 1.807) is 30.3 Å². The molecule has 1 saturated heterocycles. The highest BCUT2D eigenvalue weighted by atomic mass is 31.2. The largest absolute Gasteiger partial charge is 0.507 e. The smallest absolute Gasteiger partial charge is 0.303 e. The number of fused-ring (bicyclic) bond motifs is 2. The molecule has 0 aliphatic carbocycles. The van der Waals surface area contributed by atoms with Gasteiger partial charge in [-0.3, -0.25) is 4.79 Å². The van der Waals surface area contributed by atoms with Crippen molar-refractivity contribution in [2.24, 2.45) is 0 Å². The van der Waals surface area contributed by atoms with Crippen LogP contribution in [0.25, 0.3) is 21.9 Å². The Morgan fingerprint density at radius 1 is 0.860 bits per heavy atom.